The minimum Gasteiger partial charge on any atom is -0.382 e. The van der Waals surface area contributed by atoms with Gasteiger partial charge < -0.3 is 15.9 Å². The standard InChI is InChI=1S/C19H19N4O8PS2/c1-32(25,26)31-34(29,30)15-9-5-13(6-10-15)22-19(24)17-18(20)21-11-16(23-17)12-3-7-14(8-4-12)33(2,27)28/h3-11H,1-2H3,(H2,20,21)(H,22,24)(H,25,26). The number of hydrogen-bond acceptors (Lipinski definition) is 10. The van der Waals surface area contributed by atoms with E-state index in [4.69, 9.17) is 10.6 Å². The Hall–Kier alpha value is -3.16. The van der Waals surface area contributed by atoms with Crippen LogP contribution in [0.4, 0.5) is 11.5 Å². The number of carbonyl (C=O) groups is 1. The van der Waals surface area contributed by atoms with Crippen molar-refractivity contribution in [2.24, 2.45) is 0 Å². The number of anilines is 2. The predicted octanol–water partition coefficient (Wildman–Crippen LogP) is 1.90. The molecule has 2 aromatic carbocycles. The second kappa shape index (κ2) is 9.24. The van der Waals surface area contributed by atoms with Crippen LogP contribution in [-0.4, -0.2) is 50.5 Å². The van der Waals surface area contributed by atoms with Gasteiger partial charge >= 0.3 is 17.7 Å². The van der Waals surface area contributed by atoms with E-state index in [1.807, 2.05) is 0 Å². The molecule has 1 amide bonds. The summed E-state index contributed by atoms with van der Waals surface area (Å²) in [5, 5.41) is 2.49. The van der Waals surface area contributed by atoms with E-state index in [0.717, 1.165) is 25.1 Å². The van der Waals surface area contributed by atoms with Gasteiger partial charge in [-0.15, -0.1) is 0 Å². The van der Waals surface area contributed by atoms with Crippen molar-refractivity contribution in [1.29, 1.82) is 0 Å². The van der Waals surface area contributed by atoms with Crippen molar-refractivity contribution in [3.63, 3.8) is 0 Å². The molecule has 1 heterocycles. The zero-order valence-corrected chi connectivity index (χ0v) is 20.3. The minimum absolute atomic E-state index is 0.120. The molecule has 4 N–H and O–H groups in total. The second-order valence-corrected chi connectivity index (χ2v) is 12.7. The summed E-state index contributed by atoms with van der Waals surface area (Å²) in [6.45, 7) is 0.735. The van der Waals surface area contributed by atoms with Crippen LogP contribution in [0.3, 0.4) is 0 Å². The van der Waals surface area contributed by atoms with Crippen LogP contribution in [-0.2, 0) is 28.5 Å². The van der Waals surface area contributed by atoms with E-state index in [2.05, 4.69) is 19.3 Å². The van der Waals surface area contributed by atoms with E-state index >= 15 is 0 Å². The first-order chi connectivity index (χ1) is 15.7. The number of benzene rings is 2. The summed E-state index contributed by atoms with van der Waals surface area (Å²) in [6.07, 6.45) is 2.41. The fraction of sp³-hybridized carbons (Fsp3) is 0.105. The van der Waals surface area contributed by atoms with Gasteiger partial charge in [0.05, 0.1) is 21.7 Å². The lowest BCUT2D eigenvalue weighted by Crippen LogP contribution is -2.17. The molecular weight excluding hydrogens is 507 g/mol. The number of carbonyl (C=O) groups excluding carboxylic acids is 1. The van der Waals surface area contributed by atoms with Crippen LogP contribution < -0.4 is 11.1 Å². The van der Waals surface area contributed by atoms with Crippen LogP contribution in [0.15, 0.2) is 64.5 Å². The summed E-state index contributed by atoms with van der Waals surface area (Å²) < 4.78 is 62.7. The van der Waals surface area contributed by atoms with Gasteiger partial charge in [-0.1, -0.05) is 12.1 Å². The fourth-order valence-electron chi connectivity index (χ4n) is 2.70. The van der Waals surface area contributed by atoms with Crippen molar-refractivity contribution in [3.05, 3.63) is 60.4 Å². The molecule has 0 bridgehead atoms. The van der Waals surface area contributed by atoms with Gasteiger partial charge in [-0.25, -0.2) is 18.4 Å². The molecule has 0 spiro atoms. The molecule has 1 aromatic heterocycles. The first-order valence-corrected chi connectivity index (χ1v) is 14.6. The molecule has 180 valence electrons. The molecule has 12 nitrogen and oxygen atoms in total. The third kappa shape index (κ3) is 6.24. The Labute approximate surface area is 195 Å². The van der Waals surface area contributed by atoms with Gasteiger partial charge in [-0.3, -0.25) is 9.36 Å². The molecule has 0 radical (unpaired) electrons. The molecule has 3 aromatic rings. The molecule has 0 aliphatic rings. The molecule has 34 heavy (non-hydrogen) atoms. The highest BCUT2D eigenvalue weighted by molar-refractivity contribution is 7.91. The normalized spacial score (nSPS) is 13.7. The lowest BCUT2D eigenvalue weighted by Gasteiger charge is -2.10. The maximum Gasteiger partial charge on any atom is 0.339 e. The van der Waals surface area contributed by atoms with Crippen molar-refractivity contribution in [2.75, 3.05) is 24.0 Å². The fourth-order valence-corrected chi connectivity index (χ4v) is 5.60. The van der Waals surface area contributed by atoms with E-state index in [1.54, 1.807) is 0 Å². The highest BCUT2D eigenvalue weighted by atomic mass is 32.2. The molecule has 3 rings (SSSR count). The van der Waals surface area contributed by atoms with E-state index in [9.17, 15) is 26.2 Å². The minimum atomic E-state index is -4.48. The number of nitrogens with one attached hydrogen (secondary N) is 1. The Balaban J connectivity index is 1.82. The van der Waals surface area contributed by atoms with E-state index in [1.165, 1.54) is 42.6 Å². The SMILES string of the molecule is CP(=O)(O)OS(=O)(=O)c1ccc(NC(=O)c2nc(-c3ccc(S(C)(=O)=O)cc3)cnc2N)cc1. The molecular formula is C19H19N4O8PS2. The number of hydrogen-bond donors (Lipinski definition) is 3. The zero-order chi connectivity index (χ0) is 25.3. The Morgan fingerprint density at radius 2 is 1.59 bits per heavy atom. The zero-order valence-electron chi connectivity index (χ0n) is 17.7. The topological polar surface area (TPSA) is 196 Å². The van der Waals surface area contributed by atoms with E-state index in [-0.39, 0.29) is 32.7 Å². The van der Waals surface area contributed by atoms with Gasteiger partial charge in [0.1, 0.15) is 0 Å². The lowest BCUT2D eigenvalue weighted by molar-refractivity contribution is 0.102. The molecule has 1 unspecified atom stereocenters. The van der Waals surface area contributed by atoms with Crippen molar-refractivity contribution < 1.29 is 35.1 Å². The molecule has 1 atom stereocenters. The van der Waals surface area contributed by atoms with Crippen LogP contribution in [0, 0.1) is 0 Å². The second-order valence-electron chi connectivity index (χ2n) is 7.10. The van der Waals surface area contributed by atoms with Gasteiger partial charge in [0.25, 0.3) is 5.91 Å². The summed E-state index contributed by atoms with van der Waals surface area (Å²) in [5.41, 5.74) is 6.52. The summed E-state index contributed by atoms with van der Waals surface area (Å²) in [7, 11) is -12.1. The Bertz CT molecular complexity index is 1500. The van der Waals surface area contributed by atoms with Crippen molar-refractivity contribution >= 4 is 45.0 Å². The Morgan fingerprint density at radius 1 is 1.03 bits per heavy atom. The van der Waals surface area contributed by atoms with Crippen molar-refractivity contribution in [3.8, 4) is 11.3 Å². The monoisotopic (exact) mass is 526 g/mol. The van der Waals surface area contributed by atoms with Crippen LogP contribution >= 0.6 is 7.60 Å². The number of rotatable bonds is 7. The van der Waals surface area contributed by atoms with Gasteiger partial charge in [-0.05, 0) is 36.4 Å². The number of nitrogen functional groups attached to an aromatic ring is 1. The maximum atomic E-state index is 12.7. The average Bonchev–Trinajstić information content (AvgIpc) is 2.72. The van der Waals surface area contributed by atoms with Gasteiger partial charge in [-0.2, -0.15) is 12.4 Å². The molecule has 0 fully saturated rings. The van der Waals surface area contributed by atoms with Crippen molar-refractivity contribution in [2.45, 2.75) is 9.79 Å². The van der Waals surface area contributed by atoms with E-state index < -0.39 is 33.5 Å². The Morgan fingerprint density at radius 3 is 2.12 bits per heavy atom. The molecule has 0 saturated heterocycles. The first-order valence-electron chi connectivity index (χ1n) is 9.27. The molecule has 0 aliphatic heterocycles. The van der Waals surface area contributed by atoms with E-state index in [0.29, 0.717) is 5.56 Å². The number of aromatic nitrogens is 2. The van der Waals surface area contributed by atoms with Crippen LogP contribution in [0.1, 0.15) is 10.5 Å². The third-order valence-corrected chi connectivity index (χ3v) is 8.10. The highest BCUT2D eigenvalue weighted by Gasteiger charge is 2.25. The number of nitrogens with zero attached hydrogens (tertiary/aromatic N) is 2. The van der Waals surface area contributed by atoms with Crippen LogP contribution in [0.5, 0.6) is 0 Å². The summed E-state index contributed by atoms with van der Waals surface area (Å²) in [4.78, 5) is 29.7. The maximum absolute atomic E-state index is 12.7. The molecule has 0 saturated carbocycles. The summed E-state index contributed by atoms with van der Waals surface area (Å²) >= 11 is 0. The Kier molecular flexibility index (Phi) is 6.92. The summed E-state index contributed by atoms with van der Waals surface area (Å²) in [6, 6.07) is 10.5. The molecule has 0 aliphatic carbocycles. The van der Waals surface area contributed by atoms with Crippen molar-refractivity contribution in [1.82, 2.24) is 9.97 Å². The van der Waals surface area contributed by atoms with Crippen LogP contribution in [0.25, 0.3) is 11.3 Å². The largest absolute Gasteiger partial charge is 0.382 e. The van der Waals surface area contributed by atoms with Gasteiger partial charge in [0, 0.05) is 24.2 Å². The smallest absolute Gasteiger partial charge is 0.339 e. The molecule has 15 heteroatoms. The average molecular weight is 526 g/mol. The highest BCUT2D eigenvalue weighted by Crippen LogP contribution is 2.40. The quantitative estimate of drug-likeness (QED) is 0.380. The number of nitrogens with two attached hydrogens (primary N) is 1. The predicted molar refractivity (Wildman–Crippen MR) is 123 cm³/mol. The van der Waals surface area contributed by atoms with Gasteiger partial charge in [0.2, 0.25) is 0 Å². The number of amides is 1. The third-order valence-electron chi connectivity index (χ3n) is 4.23. The van der Waals surface area contributed by atoms with Gasteiger partial charge in [0.15, 0.2) is 21.3 Å². The number of sulfone groups is 1. The summed E-state index contributed by atoms with van der Waals surface area (Å²) in [5.74, 6) is -0.900. The first kappa shape index (κ1) is 25.5. The van der Waals surface area contributed by atoms with Crippen LogP contribution in [0.2, 0.25) is 0 Å². The lowest BCUT2D eigenvalue weighted by atomic mass is 10.1.